The Kier molecular flexibility index (Phi) is 6.73. The summed E-state index contributed by atoms with van der Waals surface area (Å²) >= 11 is 1.43. The Balaban J connectivity index is 1.27. The smallest absolute Gasteiger partial charge is 0.233 e. The molecule has 5 aromatic rings. The third-order valence-electron chi connectivity index (χ3n) is 5.29. The molecular formula is C27H20FN4O4S+. The summed E-state index contributed by atoms with van der Waals surface area (Å²) in [5.41, 5.74) is 2.36. The number of nitrogens with one attached hydrogen (secondary N) is 2. The monoisotopic (exact) mass is 515 g/mol. The van der Waals surface area contributed by atoms with Crippen molar-refractivity contribution in [2.45, 2.75) is 6.42 Å². The number of ether oxygens (including phenoxy) is 1. The van der Waals surface area contributed by atoms with E-state index >= 15 is 0 Å². The van der Waals surface area contributed by atoms with Crippen LogP contribution in [-0.4, -0.2) is 22.0 Å². The number of carbonyl (C=O) groups excluding carboxylic acids is 2. The molecule has 0 saturated heterocycles. The molecular weight excluding hydrogens is 495 g/mol. The zero-order valence-electron chi connectivity index (χ0n) is 19.2. The molecule has 0 bridgehead atoms. The lowest BCUT2D eigenvalue weighted by Gasteiger charge is -2.10. The van der Waals surface area contributed by atoms with Gasteiger partial charge in [-0.1, -0.05) is 18.2 Å². The maximum Gasteiger partial charge on any atom is 0.233 e. The lowest BCUT2D eigenvalue weighted by molar-refractivity contribution is -0.904. The number of halogens is 1. The molecule has 2 aromatic carbocycles. The van der Waals surface area contributed by atoms with Crippen LogP contribution in [0.2, 0.25) is 0 Å². The molecule has 3 N–H and O–H groups in total. The van der Waals surface area contributed by atoms with Gasteiger partial charge in [-0.3, -0.25) is 19.8 Å². The number of benzene rings is 2. The van der Waals surface area contributed by atoms with E-state index in [0.29, 0.717) is 17.0 Å². The number of anilines is 2. The number of fused-ring (bicyclic) bond motifs is 1. The van der Waals surface area contributed by atoms with E-state index in [-0.39, 0.29) is 11.4 Å². The third-order valence-corrected chi connectivity index (χ3v) is 6.48. The fraction of sp³-hybridized carbons (Fsp3) is 0.0370. The third kappa shape index (κ3) is 5.71. The van der Waals surface area contributed by atoms with Crippen LogP contribution >= 0.6 is 11.3 Å². The van der Waals surface area contributed by atoms with Gasteiger partial charge in [0.2, 0.25) is 24.2 Å². The van der Waals surface area contributed by atoms with Gasteiger partial charge in [0.15, 0.2) is 11.6 Å². The van der Waals surface area contributed by atoms with Gasteiger partial charge in [-0.25, -0.2) is 4.39 Å². The first kappa shape index (κ1) is 23.9. The minimum Gasteiger partial charge on any atom is -0.453 e. The van der Waals surface area contributed by atoms with Crippen molar-refractivity contribution in [2.24, 2.45) is 0 Å². The molecule has 3 aromatic heterocycles. The van der Waals surface area contributed by atoms with Crippen molar-refractivity contribution in [2.75, 3.05) is 10.6 Å². The molecule has 0 saturated carbocycles. The van der Waals surface area contributed by atoms with Gasteiger partial charge in [0.25, 0.3) is 0 Å². The van der Waals surface area contributed by atoms with Crippen molar-refractivity contribution >= 4 is 44.7 Å². The Morgan fingerprint density at radius 2 is 1.65 bits per heavy atom. The average molecular weight is 516 g/mol. The maximum atomic E-state index is 14.9. The summed E-state index contributed by atoms with van der Waals surface area (Å²) in [5.74, 6) is -1.32. The Bertz CT molecular complexity index is 1590. The number of pyridine rings is 2. The van der Waals surface area contributed by atoms with Crippen molar-refractivity contribution in [3.05, 3.63) is 97.2 Å². The molecule has 0 aliphatic rings. The number of hydrogen-bond donors (Lipinski definition) is 3. The van der Waals surface area contributed by atoms with Gasteiger partial charge in [-0.15, -0.1) is 11.3 Å². The SMILES string of the molecule is O=C(CC(=O)Nc1ccc(Oc2ccnc3cc(-c4cc[n+](O)cc4)sc23)c(F)c1)Nc1ccccc1. The standard InChI is InChI=1S/C27H19FN4O4S/c28-20-14-19(31-26(34)16-25(33)30-18-4-2-1-3-5-18)6-7-22(20)36-23-8-11-29-21-15-24(37-27(21)23)17-9-12-32(35)13-10-17/h1-15H,16H2,(H2-,29,30,31,33,34,35)/p+1. The van der Waals surface area contributed by atoms with Crippen LogP contribution in [0.5, 0.6) is 11.5 Å². The Hall–Kier alpha value is -4.83. The van der Waals surface area contributed by atoms with Gasteiger partial charge in [-0.05, 0) is 30.3 Å². The number of para-hydroxylation sites is 1. The highest BCUT2D eigenvalue weighted by Gasteiger charge is 2.15. The number of nitrogens with zero attached hydrogens (tertiary/aromatic N) is 2. The number of hydrogen-bond acceptors (Lipinski definition) is 6. The fourth-order valence-corrected chi connectivity index (χ4v) is 4.65. The summed E-state index contributed by atoms with van der Waals surface area (Å²) in [6.45, 7) is 0. The molecule has 0 unspecified atom stereocenters. The zero-order chi connectivity index (χ0) is 25.8. The number of carbonyl (C=O) groups is 2. The maximum absolute atomic E-state index is 14.9. The topological polar surface area (TPSA) is 104 Å². The molecule has 0 radical (unpaired) electrons. The summed E-state index contributed by atoms with van der Waals surface area (Å²) < 4.78 is 22.4. The highest BCUT2D eigenvalue weighted by atomic mass is 32.1. The van der Waals surface area contributed by atoms with E-state index in [1.807, 2.05) is 12.1 Å². The van der Waals surface area contributed by atoms with Gasteiger partial charge in [-0.2, -0.15) is 0 Å². The highest BCUT2D eigenvalue weighted by Crippen LogP contribution is 2.39. The van der Waals surface area contributed by atoms with Gasteiger partial charge in [0, 0.05) is 57.0 Å². The average Bonchev–Trinajstić information content (AvgIpc) is 3.32. The van der Waals surface area contributed by atoms with Crippen LogP contribution < -0.4 is 20.1 Å². The van der Waals surface area contributed by atoms with Crippen LogP contribution in [0.15, 0.2) is 91.4 Å². The second-order valence-electron chi connectivity index (χ2n) is 7.99. The number of thiophene rings is 1. The van der Waals surface area contributed by atoms with Gasteiger partial charge >= 0.3 is 0 Å². The quantitative estimate of drug-likeness (QED) is 0.153. The van der Waals surface area contributed by atoms with Gasteiger partial charge < -0.3 is 15.4 Å². The predicted molar refractivity (Wildman–Crippen MR) is 137 cm³/mol. The summed E-state index contributed by atoms with van der Waals surface area (Å²) in [7, 11) is 0. The van der Waals surface area contributed by atoms with E-state index in [0.717, 1.165) is 25.9 Å². The Morgan fingerprint density at radius 1 is 0.919 bits per heavy atom. The van der Waals surface area contributed by atoms with Crippen molar-refractivity contribution in [1.29, 1.82) is 0 Å². The van der Waals surface area contributed by atoms with Crippen LogP contribution in [0.3, 0.4) is 0 Å². The Morgan fingerprint density at radius 3 is 2.38 bits per heavy atom. The van der Waals surface area contributed by atoms with E-state index in [9.17, 15) is 19.2 Å². The number of aromatic nitrogens is 2. The first-order chi connectivity index (χ1) is 17.9. The zero-order valence-corrected chi connectivity index (χ0v) is 20.0. The number of amides is 2. The van der Waals surface area contributed by atoms with Gasteiger partial charge in [0.1, 0.15) is 12.2 Å². The number of rotatable bonds is 7. The molecule has 0 spiro atoms. The molecule has 37 heavy (non-hydrogen) atoms. The molecule has 0 atom stereocenters. The Labute approximate surface area is 214 Å². The lowest BCUT2D eigenvalue weighted by Crippen LogP contribution is -2.27. The molecule has 0 fully saturated rings. The molecule has 0 aliphatic carbocycles. The van der Waals surface area contributed by atoms with Crippen LogP contribution in [0.1, 0.15) is 6.42 Å². The highest BCUT2D eigenvalue weighted by molar-refractivity contribution is 7.22. The second-order valence-corrected chi connectivity index (χ2v) is 9.04. The minimum absolute atomic E-state index is 0.0247. The van der Waals surface area contributed by atoms with Crippen molar-refractivity contribution in [3.8, 4) is 21.9 Å². The molecule has 8 nitrogen and oxygen atoms in total. The van der Waals surface area contributed by atoms with Crippen LogP contribution in [0.4, 0.5) is 15.8 Å². The van der Waals surface area contributed by atoms with E-state index in [4.69, 9.17) is 4.74 Å². The minimum atomic E-state index is -0.677. The molecule has 3 heterocycles. The van der Waals surface area contributed by atoms with Crippen LogP contribution in [0, 0.1) is 5.82 Å². The largest absolute Gasteiger partial charge is 0.453 e. The molecule has 5 rings (SSSR count). The first-order valence-electron chi connectivity index (χ1n) is 11.2. The molecule has 0 aliphatic heterocycles. The summed E-state index contributed by atoms with van der Waals surface area (Å²) in [4.78, 5) is 29.6. The van der Waals surface area contributed by atoms with Crippen molar-refractivity contribution in [3.63, 3.8) is 0 Å². The van der Waals surface area contributed by atoms with Crippen LogP contribution in [0.25, 0.3) is 20.7 Å². The van der Waals surface area contributed by atoms with Gasteiger partial charge in [0.05, 0.1) is 10.2 Å². The summed E-state index contributed by atoms with van der Waals surface area (Å²) in [6.07, 6.45) is 4.21. The van der Waals surface area contributed by atoms with E-state index in [1.54, 1.807) is 48.7 Å². The van der Waals surface area contributed by atoms with Crippen molar-refractivity contribution in [1.82, 2.24) is 4.98 Å². The first-order valence-corrected chi connectivity index (χ1v) is 12.0. The van der Waals surface area contributed by atoms with E-state index < -0.39 is 24.1 Å². The molecule has 184 valence electrons. The van der Waals surface area contributed by atoms with Crippen LogP contribution in [-0.2, 0) is 9.59 Å². The second kappa shape index (κ2) is 10.4. The summed E-state index contributed by atoms with van der Waals surface area (Å²) in [5, 5.41) is 14.6. The fourth-order valence-electron chi connectivity index (χ4n) is 3.58. The van der Waals surface area contributed by atoms with Crippen molar-refractivity contribution < 1.29 is 28.7 Å². The van der Waals surface area contributed by atoms with E-state index in [1.165, 1.54) is 35.9 Å². The van der Waals surface area contributed by atoms with E-state index in [2.05, 4.69) is 15.6 Å². The normalized spacial score (nSPS) is 10.7. The molecule has 10 heteroatoms. The lowest BCUT2D eigenvalue weighted by atomic mass is 10.2. The molecule has 2 amide bonds. The predicted octanol–water partition coefficient (Wildman–Crippen LogP) is 5.39. The summed E-state index contributed by atoms with van der Waals surface area (Å²) in [6, 6.07) is 19.9.